The molecule has 2 aliphatic heterocycles. The van der Waals surface area contributed by atoms with Gasteiger partial charge in [-0.05, 0) is 44.2 Å². The van der Waals surface area contributed by atoms with Gasteiger partial charge in [0.15, 0.2) is 0 Å². The number of aromatic nitrogens is 1. The molecular weight excluding hydrogens is 314 g/mol. The number of likely N-dealkylation sites (tertiary alicyclic amines) is 1. The average molecular weight is 341 g/mol. The number of aryl methyl sites for hydroxylation is 1. The summed E-state index contributed by atoms with van der Waals surface area (Å²) in [6, 6.07) is 10.3. The molecule has 0 bridgehead atoms. The Morgan fingerprint density at radius 1 is 1.08 bits per heavy atom. The van der Waals surface area contributed by atoms with Crippen LogP contribution in [0, 0.1) is 12.3 Å². The molecule has 4 heterocycles. The molecule has 134 valence electrons. The van der Waals surface area contributed by atoms with Crippen molar-refractivity contribution in [2.24, 2.45) is 5.41 Å². The Morgan fingerprint density at radius 3 is 2.76 bits per heavy atom. The second-order valence-electron chi connectivity index (χ2n) is 7.57. The fourth-order valence-electron chi connectivity index (χ4n) is 4.17. The van der Waals surface area contributed by atoms with Crippen LogP contribution < -0.4 is 0 Å². The summed E-state index contributed by atoms with van der Waals surface area (Å²) >= 11 is 0. The van der Waals surface area contributed by atoms with E-state index in [0.717, 1.165) is 69.6 Å². The molecule has 5 nitrogen and oxygen atoms in total. The number of furan rings is 1. The minimum absolute atomic E-state index is 0.229. The van der Waals surface area contributed by atoms with Gasteiger partial charge in [-0.1, -0.05) is 6.07 Å². The predicted molar refractivity (Wildman–Crippen MR) is 96.1 cm³/mol. The van der Waals surface area contributed by atoms with E-state index in [1.165, 1.54) is 6.42 Å². The van der Waals surface area contributed by atoms with Gasteiger partial charge in [-0.3, -0.25) is 14.8 Å². The molecule has 25 heavy (non-hydrogen) atoms. The highest BCUT2D eigenvalue weighted by molar-refractivity contribution is 5.10. The Morgan fingerprint density at radius 2 is 1.96 bits per heavy atom. The molecule has 0 saturated carbocycles. The van der Waals surface area contributed by atoms with Gasteiger partial charge in [0.05, 0.1) is 31.7 Å². The van der Waals surface area contributed by atoms with Crippen LogP contribution >= 0.6 is 0 Å². The van der Waals surface area contributed by atoms with Gasteiger partial charge < -0.3 is 9.15 Å². The van der Waals surface area contributed by atoms with E-state index >= 15 is 0 Å². The highest BCUT2D eigenvalue weighted by Gasteiger charge is 2.41. The molecule has 2 saturated heterocycles. The summed E-state index contributed by atoms with van der Waals surface area (Å²) in [6.45, 7) is 9.78. The predicted octanol–water partition coefficient (Wildman–Crippen LogP) is 2.71. The minimum atomic E-state index is 0.229. The van der Waals surface area contributed by atoms with E-state index in [4.69, 9.17) is 9.15 Å². The van der Waals surface area contributed by atoms with Gasteiger partial charge in [0.2, 0.25) is 0 Å². The van der Waals surface area contributed by atoms with Gasteiger partial charge in [-0.2, -0.15) is 0 Å². The lowest BCUT2D eigenvalue weighted by Crippen LogP contribution is -2.40. The zero-order valence-electron chi connectivity index (χ0n) is 15.0. The molecule has 1 unspecified atom stereocenters. The van der Waals surface area contributed by atoms with Crippen LogP contribution in [-0.4, -0.2) is 54.2 Å². The normalized spacial score (nSPS) is 25.5. The standard InChI is InChI=1S/C20H27N3O2/c1-17-4-2-5-18(21-17)12-23-9-11-24-16-20(15-23)7-8-22(14-20)13-19-6-3-10-25-19/h2-6,10H,7-9,11-16H2,1H3. The minimum Gasteiger partial charge on any atom is -0.468 e. The van der Waals surface area contributed by atoms with Gasteiger partial charge in [-0.15, -0.1) is 0 Å². The molecule has 2 aromatic heterocycles. The second kappa shape index (κ2) is 7.28. The van der Waals surface area contributed by atoms with Crippen molar-refractivity contribution in [3.05, 3.63) is 53.7 Å². The Kier molecular flexibility index (Phi) is 4.88. The van der Waals surface area contributed by atoms with Gasteiger partial charge in [0.25, 0.3) is 0 Å². The zero-order valence-corrected chi connectivity index (χ0v) is 15.0. The quantitative estimate of drug-likeness (QED) is 0.855. The molecule has 0 N–H and O–H groups in total. The third-order valence-electron chi connectivity index (χ3n) is 5.33. The van der Waals surface area contributed by atoms with Crippen molar-refractivity contribution in [1.29, 1.82) is 0 Å². The molecular formula is C20H27N3O2. The van der Waals surface area contributed by atoms with Crippen molar-refractivity contribution in [2.75, 3.05) is 39.4 Å². The third-order valence-corrected chi connectivity index (χ3v) is 5.33. The highest BCUT2D eigenvalue weighted by Crippen LogP contribution is 2.34. The number of pyridine rings is 1. The van der Waals surface area contributed by atoms with Crippen LogP contribution in [0.1, 0.15) is 23.6 Å². The van der Waals surface area contributed by atoms with Crippen LogP contribution in [0.2, 0.25) is 0 Å². The summed E-state index contributed by atoms with van der Waals surface area (Å²) in [5, 5.41) is 0. The van der Waals surface area contributed by atoms with E-state index in [0.29, 0.717) is 0 Å². The van der Waals surface area contributed by atoms with E-state index in [-0.39, 0.29) is 5.41 Å². The maximum absolute atomic E-state index is 6.00. The van der Waals surface area contributed by atoms with E-state index in [1.807, 2.05) is 6.07 Å². The first kappa shape index (κ1) is 16.8. The molecule has 1 atom stereocenters. The lowest BCUT2D eigenvalue weighted by molar-refractivity contribution is 0.0700. The summed E-state index contributed by atoms with van der Waals surface area (Å²) in [5.74, 6) is 1.05. The Balaban J connectivity index is 1.41. The Hall–Kier alpha value is -1.69. The molecule has 5 heteroatoms. The molecule has 0 aliphatic carbocycles. The monoisotopic (exact) mass is 341 g/mol. The summed E-state index contributed by atoms with van der Waals surface area (Å²) < 4.78 is 11.5. The first-order valence-electron chi connectivity index (χ1n) is 9.18. The maximum atomic E-state index is 6.00. The third kappa shape index (κ3) is 4.11. The van der Waals surface area contributed by atoms with Crippen molar-refractivity contribution in [1.82, 2.24) is 14.8 Å². The van der Waals surface area contributed by atoms with Gasteiger partial charge in [-0.25, -0.2) is 0 Å². The molecule has 4 rings (SSSR count). The molecule has 0 aromatic carbocycles. The molecule has 1 spiro atoms. The van der Waals surface area contributed by atoms with Crippen LogP contribution in [0.25, 0.3) is 0 Å². The molecule has 0 radical (unpaired) electrons. The van der Waals surface area contributed by atoms with Crippen LogP contribution in [0.4, 0.5) is 0 Å². The van der Waals surface area contributed by atoms with Crippen LogP contribution in [0.3, 0.4) is 0 Å². The summed E-state index contributed by atoms with van der Waals surface area (Å²) in [7, 11) is 0. The van der Waals surface area contributed by atoms with E-state index in [9.17, 15) is 0 Å². The number of hydrogen-bond acceptors (Lipinski definition) is 5. The van der Waals surface area contributed by atoms with Crippen molar-refractivity contribution in [3.8, 4) is 0 Å². The number of nitrogens with zero attached hydrogens (tertiary/aromatic N) is 3. The molecule has 0 amide bonds. The zero-order chi connectivity index (χ0) is 17.1. The van der Waals surface area contributed by atoms with E-state index in [1.54, 1.807) is 6.26 Å². The van der Waals surface area contributed by atoms with Crippen molar-refractivity contribution in [3.63, 3.8) is 0 Å². The highest BCUT2D eigenvalue weighted by atomic mass is 16.5. The lowest BCUT2D eigenvalue weighted by Gasteiger charge is -2.31. The number of hydrogen-bond donors (Lipinski definition) is 0. The van der Waals surface area contributed by atoms with Crippen LogP contribution in [0.15, 0.2) is 41.0 Å². The van der Waals surface area contributed by atoms with Crippen molar-refractivity contribution < 1.29 is 9.15 Å². The summed E-state index contributed by atoms with van der Waals surface area (Å²) in [5.41, 5.74) is 2.47. The number of rotatable bonds is 4. The fraction of sp³-hybridized carbons (Fsp3) is 0.550. The van der Waals surface area contributed by atoms with E-state index in [2.05, 4.69) is 46.0 Å². The second-order valence-corrected chi connectivity index (χ2v) is 7.57. The molecule has 2 aromatic rings. The van der Waals surface area contributed by atoms with Crippen molar-refractivity contribution in [2.45, 2.75) is 26.4 Å². The topological polar surface area (TPSA) is 41.7 Å². The Bertz CT molecular complexity index is 688. The summed E-state index contributed by atoms with van der Waals surface area (Å²) in [6.07, 6.45) is 2.94. The van der Waals surface area contributed by atoms with Crippen LogP contribution in [-0.2, 0) is 17.8 Å². The maximum Gasteiger partial charge on any atom is 0.117 e. The first-order valence-corrected chi connectivity index (χ1v) is 9.18. The SMILES string of the molecule is Cc1cccc(CN2CCOCC3(CCN(Cc4ccco4)C3)C2)n1. The summed E-state index contributed by atoms with van der Waals surface area (Å²) in [4.78, 5) is 9.69. The lowest BCUT2D eigenvalue weighted by atomic mass is 9.87. The average Bonchev–Trinajstić information content (AvgIpc) is 3.18. The van der Waals surface area contributed by atoms with Crippen LogP contribution in [0.5, 0.6) is 0 Å². The van der Waals surface area contributed by atoms with Crippen molar-refractivity contribution >= 4 is 0 Å². The molecule has 2 aliphatic rings. The fourth-order valence-corrected chi connectivity index (χ4v) is 4.17. The van der Waals surface area contributed by atoms with Gasteiger partial charge in [0, 0.05) is 37.3 Å². The van der Waals surface area contributed by atoms with Gasteiger partial charge >= 0.3 is 0 Å². The number of ether oxygens (including phenoxy) is 1. The Labute approximate surface area is 149 Å². The van der Waals surface area contributed by atoms with Gasteiger partial charge in [0.1, 0.15) is 5.76 Å². The largest absolute Gasteiger partial charge is 0.468 e. The van der Waals surface area contributed by atoms with E-state index < -0.39 is 0 Å². The smallest absolute Gasteiger partial charge is 0.117 e. The first-order chi connectivity index (χ1) is 12.2. The molecule has 2 fully saturated rings.